The first-order valence-electron chi connectivity index (χ1n) is 8.37. The lowest BCUT2D eigenvalue weighted by molar-refractivity contribution is -0.134. The highest BCUT2D eigenvalue weighted by Crippen LogP contribution is 2.19. The molecular formula is C18H28N4O2. The molecule has 0 spiro atoms. The number of aryl methyl sites for hydroxylation is 2. The first kappa shape index (κ1) is 18.4. The Morgan fingerprint density at radius 2 is 1.71 bits per heavy atom. The van der Waals surface area contributed by atoms with Gasteiger partial charge in [0, 0.05) is 38.9 Å². The third-order valence-corrected chi connectivity index (χ3v) is 4.51. The summed E-state index contributed by atoms with van der Waals surface area (Å²) in [5.41, 5.74) is 2.88. The Hall–Kier alpha value is -1.92. The molecule has 0 aliphatic carbocycles. The van der Waals surface area contributed by atoms with Gasteiger partial charge < -0.3 is 15.1 Å². The number of hydrogen-bond donors (Lipinski definition) is 1. The number of carbonyl (C=O) groups is 2. The van der Waals surface area contributed by atoms with E-state index in [4.69, 9.17) is 0 Å². The molecule has 1 N–H and O–H groups in total. The van der Waals surface area contributed by atoms with Crippen LogP contribution in [0.3, 0.4) is 0 Å². The van der Waals surface area contributed by atoms with Gasteiger partial charge in [0.2, 0.25) is 11.8 Å². The monoisotopic (exact) mass is 332 g/mol. The molecule has 1 aromatic rings. The van der Waals surface area contributed by atoms with Crippen molar-refractivity contribution in [2.24, 2.45) is 0 Å². The average molecular weight is 332 g/mol. The molecule has 1 aliphatic rings. The summed E-state index contributed by atoms with van der Waals surface area (Å²) in [7, 11) is 3.77. The third-order valence-electron chi connectivity index (χ3n) is 4.51. The van der Waals surface area contributed by atoms with Crippen molar-refractivity contribution in [3.8, 4) is 0 Å². The van der Waals surface area contributed by atoms with E-state index in [9.17, 15) is 9.59 Å². The average Bonchev–Trinajstić information content (AvgIpc) is 2.53. The summed E-state index contributed by atoms with van der Waals surface area (Å²) >= 11 is 0. The molecule has 0 aromatic heterocycles. The number of anilines is 1. The highest BCUT2D eigenvalue weighted by Gasteiger charge is 2.20. The fourth-order valence-corrected chi connectivity index (χ4v) is 2.81. The Labute approximate surface area is 144 Å². The molecule has 0 atom stereocenters. The lowest BCUT2D eigenvalue weighted by Gasteiger charge is -2.32. The molecule has 6 heteroatoms. The van der Waals surface area contributed by atoms with Gasteiger partial charge in [0.15, 0.2) is 0 Å². The van der Waals surface area contributed by atoms with Crippen LogP contribution < -0.4 is 5.32 Å². The summed E-state index contributed by atoms with van der Waals surface area (Å²) < 4.78 is 0. The molecule has 1 aromatic carbocycles. The molecule has 1 fully saturated rings. The van der Waals surface area contributed by atoms with Crippen LogP contribution >= 0.6 is 0 Å². The summed E-state index contributed by atoms with van der Waals surface area (Å²) in [5.74, 6) is -0.183. The van der Waals surface area contributed by atoms with E-state index in [1.54, 1.807) is 7.05 Å². The normalized spacial score (nSPS) is 16.0. The van der Waals surface area contributed by atoms with Gasteiger partial charge in [-0.15, -0.1) is 0 Å². The summed E-state index contributed by atoms with van der Waals surface area (Å²) in [4.78, 5) is 30.4. The maximum atomic E-state index is 12.3. The molecular weight excluding hydrogens is 304 g/mol. The highest BCUT2D eigenvalue weighted by molar-refractivity contribution is 5.95. The molecule has 2 rings (SSSR count). The van der Waals surface area contributed by atoms with Crippen LogP contribution in [0.5, 0.6) is 0 Å². The second kappa shape index (κ2) is 8.26. The molecule has 0 saturated carbocycles. The standard InChI is InChI=1S/C18H28N4O2/c1-14-6-5-7-15(2)18(14)19-16(23)12-21(4)17(24)13-22-10-8-20(3)9-11-22/h5-7H,8-13H2,1-4H3,(H,19,23). The summed E-state index contributed by atoms with van der Waals surface area (Å²) in [6.07, 6.45) is 0. The smallest absolute Gasteiger partial charge is 0.243 e. The second-order valence-electron chi connectivity index (χ2n) is 6.64. The Morgan fingerprint density at radius 1 is 1.12 bits per heavy atom. The number of rotatable bonds is 5. The first-order chi connectivity index (χ1) is 11.4. The second-order valence-corrected chi connectivity index (χ2v) is 6.64. The van der Waals surface area contributed by atoms with E-state index in [0.29, 0.717) is 6.54 Å². The predicted octanol–water partition coefficient (Wildman–Crippen LogP) is 0.948. The molecule has 1 saturated heterocycles. The molecule has 24 heavy (non-hydrogen) atoms. The van der Waals surface area contributed by atoms with Gasteiger partial charge in [0.25, 0.3) is 0 Å². The molecule has 0 unspecified atom stereocenters. The minimum Gasteiger partial charge on any atom is -0.335 e. The maximum absolute atomic E-state index is 12.3. The van der Waals surface area contributed by atoms with Gasteiger partial charge in [-0.05, 0) is 32.0 Å². The van der Waals surface area contributed by atoms with Crippen molar-refractivity contribution in [2.45, 2.75) is 13.8 Å². The lowest BCUT2D eigenvalue weighted by atomic mass is 10.1. The topological polar surface area (TPSA) is 55.9 Å². The van der Waals surface area contributed by atoms with Gasteiger partial charge in [-0.2, -0.15) is 0 Å². The number of likely N-dealkylation sites (N-methyl/N-ethyl adjacent to an activating group) is 2. The fraction of sp³-hybridized carbons (Fsp3) is 0.556. The molecule has 0 radical (unpaired) electrons. The van der Waals surface area contributed by atoms with Crippen molar-refractivity contribution in [1.29, 1.82) is 0 Å². The van der Waals surface area contributed by atoms with Gasteiger partial charge in [0.05, 0.1) is 13.1 Å². The first-order valence-corrected chi connectivity index (χ1v) is 8.37. The van der Waals surface area contributed by atoms with Crippen molar-refractivity contribution in [2.75, 3.05) is 58.7 Å². The van der Waals surface area contributed by atoms with E-state index >= 15 is 0 Å². The molecule has 0 bridgehead atoms. The predicted molar refractivity (Wildman–Crippen MR) is 96.1 cm³/mol. The van der Waals surface area contributed by atoms with Gasteiger partial charge in [-0.3, -0.25) is 14.5 Å². The van der Waals surface area contributed by atoms with Crippen molar-refractivity contribution in [3.63, 3.8) is 0 Å². The molecule has 1 heterocycles. The van der Waals surface area contributed by atoms with Crippen LogP contribution in [-0.4, -0.2) is 79.9 Å². The zero-order valence-corrected chi connectivity index (χ0v) is 15.1. The van der Waals surface area contributed by atoms with Crippen LogP contribution in [0.4, 0.5) is 5.69 Å². The van der Waals surface area contributed by atoms with Crippen LogP contribution in [-0.2, 0) is 9.59 Å². The van der Waals surface area contributed by atoms with E-state index in [0.717, 1.165) is 43.0 Å². The van der Waals surface area contributed by atoms with Crippen LogP contribution in [0, 0.1) is 13.8 Å². The number of nitrogens with zero attached hydrogens (tertiary/aromatic N) is 3. The Morgan fingerprint density at radius 3 is 2.29 bits per heavy atom. The number of hydrogen-bond acceptors (Lipinski definition) is 4. The zero-order valence-electron chi connectivity index (χ0n) is 15.1. The van der Waals surface area contributed by atoms with E-state index in [2.05, 4.69) is 22.2 Å². The number of piperazine rings is 1. The number of carbonyl (C=O) groups excluding carboxylic acids is 2. The van der Waals surface area contributed by atoms with Crippen molar-refractivity contribution in [3.05, 3.63) is 29.3 Å². The van der Waals surface area contributed by atoms with Gasteiger partial charge in [-0.25, -0.2) is 0 Å². The van der Waals surface area contributed by atoms with Gasteiger partial charge in [0.1, 0.15) is 0 Å². The van der Waals surface area contributed by atoms with Crippen molar-refractivity contribution < 1.29 is 9.59 Å². The number of benzene rings is 1. The number of para-hydroxylation sites is 1. The largest absolute Gasteiger partial charge is 0.335 e. The summed E-state index contributed by atoms with van der Waals surface area (Å²) in [6.45, 7) is 8.11. The minimum atomic E-state index is -0.165. The van der Waals surface area contributed by atoms with Gasteiger partial charge in [-0.1, -0.05) is 18.2 Å². The Bertz CT molecular complexity index is 574. The minimum absolute atomic E-state index is 0.0174. The summed E-state index contributed by atoms with van der Waals surface area (Å²) in [6, 6.07) is 5.89. The Kier molecular flexibility index (Phi) is 6.34. The SMILES string of the molecule is Cc1cccc(C)c1NC(=O)CN(C)C(=O)CN1CCN(C)CC1. The third kappa shape index (κ3) is 5.04. The van der Waals surface area contributed by atoms with Crippen LogP contribution in [0.2, 0.25) is 0 Å². The molecule has 132 valence electrons. The van der Waals surface area contributed by atoms with Crippen molar-refractivity contribution in [1.82, 2.24) is 14.7 Å². The molecule has 2 amide bonds. The van der Waals surface area contributed by atoms with Crippen LogP contribution in [0.1, 0.15) is 11.1 Å². The number of nitrogens with one attached hydrogen (secondary N) is 1. The number of amides is 2. The Balaban J connectivity index is 1.83. The van der Waals surface area contributed by atoms with E-state index in [1.807, 2.05) is 32.0 Å². The van der Waals surface area contributed by atoms with E-state index < -0.39 is 0 Å². The highest BCUT2D eigenvalue weighted by atomic mass is 16.2. The van der Waals surface area contributed by atoms with E-state index in [-0.39, 0.29) is 18.4 Å². The van der Waals surface area contributed by atoms with Crippen molar-refractivity contribution >= 4 is 17.5 Å². The van der Waals surface area contributed by atoms with Crippen LogP contribution in [0.15, 0.2) is 18.2 Å². The lowest BCUT2D eigenvalue weighted by Crippen LogP contribution is -2.49. The molecule has 1 aliphatic heterocycles. The van der Waals surface area contributed by atoms with Gasteiger partial charge >= 0.3 is 0 Å². The summed E-state index contributed by atoms with van der Waals surface area (Å²) in [5, 5.41) is 2.92. The van der Waals surface area contributed by atoms with E-state index in [1.165, 1.54) is 4.90 Å². The molecule has 6 nitrogen and oxygen atoms in total. The quantitative estimate of drug-likeness (QED) is 0.872. The fourth-order valence-electron chi connectivity index (χ4n) is 2.81. The zero-order chi connectivity index (χ0) is 17.7. The van der Waals surface area contributed by atoms with Crippen LogP contribution in [0.25, 0.3) is 0 Å². The maximum Gasteiger partial charge on any atom is 0.243 e.